The van der Waals surface area contributed by atoms with Gasteiger partial charge >= 0.3 is 0 Å². The van der Waals surface area contributed by atoms with Gasteiger partial charge in [-0.3, -0.25) is 4.79 Å². The minimum atomic E-state index is -0.192. The Balaban J connectivity index is 0.000000637. The highest BCUT2D eigenvalue weighted by Crippen LogP contribution is 2.40. The number of nitrogens with zero attached hydrogens (tertiary/aromatic N) is 2. The Labute approximate surface area is 115 Å². The van der Waals surface area contributed by atoms with Gasteiger partial charge in [0.25, 0.3) is 0 Å². The molecule has 2 aliphatic heterocycles. The smallest absolute Gasteiger partial charge is 0.232 e. The fourth-order valence-corrected chi connectivity index (χ4v) is 2.83. The molecule has 0 unspecified atom stereocenters. The van der Waals surface area contributed by atoms with Gasteiger partial charge in [0.2, 0.25) is 5.91 Å². The van der Waals surface area contributed by atoms with Crippen molar-refractivity contribution in [3.63, 3.8) is 0 Å². The summed E-state index contributed by atoms with van der Waals surface area (Å²) in [7, 11) is 2.11. The highest BCUT2D eigenvalue weighted by molar-refractivity contribution is 5.97. The number of fused-ring (bicyclic) bond motifs is 1. The summed E-state index contributed by atoms with van der Waals surface area (Å²) >= 11 is 0. The maximum Gasteiger partial charge on any atom is 0.232 e. The number of likely N-dealkylation sites (tertiary alicyclic amines) is 1. The van der Waals surface area contributed by atoms with Crippen LogP contribution in [0.5, 0.6) is 0 Å². The minimum absolute atomic E-state index is 0.164. The van der Waals surface area contributed by atoms with E-state index >= 15 is 0 Å². The van der Waals surface area contributed by atoms with Crippen molar-refractivity contribution in [3.8, 4) is 0 Å². The van der Waals surface area contributed by atoms with Crippen LogP contribution in [-0.2, 0) is 11.2 Å². The van der Waals surface area contributed by atoms with Gasteiger partial charge in [-0.05, 0) is 51.0 Å². The number of rotatable bonds is 0. The van der Waals surface area contributed by atoms with Gasteiger partial charge < -0.3 is 10.2 Å². The van der Waals surface area contributed by atoms with E-state index in [0.717, 1.165) is 38.2 Å². The first-order chi connectivity index (χ1) is 9.20. The number of carbonyl (C=O) groups is 1. The average molecular weight is 261 g/mol. The molecule has 1 saturated heterocycles. The highest BCUT2D eigenvalue weighted by atomic mass is 16.2. The van der Waals surface area contributed by atoms with Crippen LogP contribution in [0.15, 0.2) is 18.3 Å². The van der Waals surface area contributed by atoms with Crippen LogP contribution in [0.2, 0.25) is 0 Å². The molecule has 0 radical (unpaired) electrons. The lowest BCUT2D eigenvalue weighted by molar-refractivity contribution is -0.128. The van der Waals surface area contributed by atoms with Gasteiger partial charge in [0, 0.05) is 6.20 Å². The molecule has 0 aliphatic carbocycles. The number of aromatic nitrogens is 1. The Hall–Kier alpha value is -1.42. The molecule has 3 rings (SSSR count). The predicted molar refractivity (Wildman–Crippen MR) is 77.1 cm³/mol. The van der Waals surface area contributed by atoms with Crippen LogP contribution in [0.4, 0.5) is 5.82 Å². The van der Waals surface area contributed by atoms with Crippen LogP contribution >= 0.6 is 0 Å². The quantitative estimate of drug-likeness (QED) is 0.779. The van der Waals surface area contributed by atoms with E-state index in [-0.39, 0.29) is 11.3 Å². The van der Waals surface area contributed by atoms with Crippen molar-refractivity contribution in [2.45, 2.75) is 33.1 Å². The maximum atomic E-state index is 12.3. The van der Waals surface area contributed by atoms with Crippen molar-refractivity contribution in [2.75, 3.05) is 25.5 Å². The summed E-state index contributed by atoms with van der Waals surface area (Å²) in [6.45, 7) is 6.01. The highest BCUT2D eigenvalue weighted by Gasteiger charge is 2.44. The van der Waals surface area contributed by atoms with E-state index in [0.29, 0.717) is 0 Å². The molecule has 0 aromatic carbocycles. The summed E-state index contributed by atoms with van der Waals surface area (Å²) < 4.78 is 0. The Morgan fingerprint density at radius 3 is 2.68 bits per heavy atom. The molecule has 3 heterocycles. The van der Waals surface area contributed by atoms with Crippen molar-refractivity contribution < 1.29 is 4.79 Å². The zero-order valence-corrected chi connectivity index (χ0v) is 12.1. The topological polar surface area (TPSA) is 45.2 Å². The van der Waals surface area contributed by atoms with Gasteiger partial charge in [-0.25, -0.2) is 4.98 Å². The molecular formula is C15H23N3O. The maximum absolute atomic E-state index is 12.3. The number of amides is 1. The predicted octanol–water partition coefficient (Wildman–Crippen LogP) is 2.31. The molecule has 1 fully saturated rings. The van der Waals surface area contributed by atoms with Gasteiger partial charge in [0.05, 0.1) is 5.41 Å². The van der Waals surface area contributed by atoms with Gasteiger partial charge in [0.1, 0.15) is 5.82 Å². The van der Waals surface area contributed by atoms with E-state index in [1.165, 1.54) is 5.56 Å². The van der Waals surface area contributed by atoms with Gasteiger partial charge in [0.15, 0.2) is 0 Å². The Bertz CT molecular complexity index is 450. The Morgan fingerprint density at radius 2 is 2.00 bits per heavy atom. The molecule has 4 heteroatoms. The molecule has 1 N–H and O–H groups in total. The first-order valence-electron chi connectivity index (χ1n) is 7.14. The van der Waals surface area contributed by atoms with E-state index in [4.69, 9.17) is 0 Å². The summed E-state index contributed by atoms with van der Waals surface area (Å²) in [5, 5.41) is 2.97. The zero-order chi connectivity index (χ0) is 13.9. The Kier molecular flexibility index (Phi) is 4.20. The molecule has 0 bridgehead atoms. The summed E-state index contributed by atoms with van der Waals surface area (Å²) in [4.78, 5) is 18.8. The monoisotopic (exact) mass is 261 g/mol. The lowest BCUT2D eigenvalue weighted by Gasteiger charge is -2.41. The number of anilines is 1. The van der Waals surface area contributed by atoms with Crippen molar-refractivity contribution in [3.05, 3.63) is 23.9 Å². The second-order valence-corrected chi connectivity index (χ2v) is 5.23. The van der Waals surface area contributed by atoms with Crippen LogP contribution in [0, 0.1) is 5.41 Å². The van der Waals surface area contributed by atoms with Crippen molar-refractivity contribution in [1.29, 1.82) is 0 Å². The lowest BCUT2D eigenvalue weighted by atomic mass is 9.71. The van der Waals surface area contributed by atoms with Crippen LogP contribution in [-0.4, -0.2) is 35.9 Å². The molecule has 1 amide bonds. The van der Waals surface area contributed by atoms with Crippen molar-refractivity contribution in [1.82, 2.24) is 9.88 Å². The van der Waals surface area contributed by atoms with Crippen molar-refractivity contribution >= 4 is 11.7 Å². The first kappa shape index (κ1) is 14.0. The molecule has 1 aromatic rings. The minimum Gasteiger partial charge on any atom is -0.310 e. The number of nitrogens with one attached hydrogen (secondary N) is 1. The number of carbonyl (C=O) groups excluding carboxylic acids is 1. The largest absolute Gasteiger partial charge is 0.310 e. The van der Waals surface area contributed by atoms with Gasteiger partial charge in [-0.1, -0.05) is 19.9 Å². The van der Waals surface area contributed by atoms with Gasteiger partial charge in [-0.2, -0.15) is 0 Å². The van der Waals surface area contributed by atoms with Crippen molar-refractivity contribution in [2.24, 2.45) is 5.41 Å². The average Bonchev–Trinajstić information content (AvgIpc) is 2.45. The summed E-state index contributed by atoms with van der Waals surface area (Å²) in [5.41, 5.74) is 0.986. The van der Waals surface area contributed by atoms with E-state index in [1.54, 1.807) is 6.20 Å². The third kappa shape index (κ3) is 2.63. The molecular weight excluding hydrogens is 238 g/mol. The van der Waals surface area contributed by atoms with E-state index in [1.807, 2.05) is 19.9 Å². The molecule has 19 heavy (non-hydrogen) atoms. The van der Waals surface area contributed by atoms with E-state index < -0.39 is 0 Å². The number of hydrogen-bond acceptors (Lipinski definition) is 3. The van der Waals surface area contributed by atoms with E-state index in [9.17, 15) is 4.79 Å². The lowest BCUT2D eigenvalue weighted by Crippen LogP contribution is -2.49. The molecule has 0 saturated carbocycles. The molecule has 104 valence electrons. The number of piperidine rings is 1. The molecule has 1 spiro atoms. The molecule has 1 aromatic heterocycles. The fourth-order valence-electron chi connectivity index (χ4n) is 2.83. The van der Waals surface area contributed by atoms with Crippen LogP contribution in [0.3, 0.4) is 0 Å². The second-order valence-electron chi connectivity index (χ2n) is 5.23. The molecule has 0 atom stereocenters. The Morgan fingerprint density at radius 1 is 1.32 bits per heavy atom. The molecule has 4 nitrogen and oxygen atoms in total. The zero-order valence-electron chi connectivity index (χ0n) is 12.1. The standard InChI is InChI=1S/C13H17N3O.C2H6/c1-16-7-4-13(5-8-16)9-10-3-2-6-14-11(10)15-12(13)17;1-2/h2-3,6H,4-5,7-9H2,1H3,(H,14,15,17);1-2H3. The van der Waals surface area contributed by atoms with Gasteiger partial charge in [-0.15, -0.1) is 0 Å². The normalized spacial score (nSPS) is 21.1. The first-order valence-corrected chi connectivity index (χ1v) is 7.14. The third-order valence-corrected chi connectivity index (χ3v) is 4.08. The summed E-state index contributed by atoms with van der Waals surface area (Å²) in [5.74, 6) is 0.916. The summed E-state index contributed by atoms with van der Waals surface area (Å²) in [6, 6.07) is 4.01. The van der Waals surface area contributed by atoms with Crippen LogP contribution in [0.25, 0.3) is 0 Å². The number of pyridine rings is 1. The molecule has 2 aliphatic rings. The number of hydrogen-bond donors (Lipinski definition) is 1. The van der Waals surface area contributed by atoms with Crippen LogP contribution < -0.4 is 5.32 Å². The second kappa shape index (κ2) is 5.70. The SMILES string of the molecule is CC.CN1CCC2(CC1)Cc1cccnc1NC2=O. The summed E-state index contributed by atoms with van der Waals surface area (Å²) in [6.07, 6.45) is 4.47. The van der Waals surface area contributed by atoms with E-state index in [2.05, 4.69) is 28.3 Å². The van der Waals surface area contributed by atoms with Crippen LogP contribution in [0.1, 0.15) is 32.3 Å². The fraction of sp³-hybridized carbons (Fsp3) is 0.600. The third-order valence-electron chi connectivity index (χ3n) is 4.08.